The summed E-state index contributed by atoms with van der Waals surface area (Å²) in [6, 6.07) is 27.8. The van der Waals surface area contributed by atoms with Crippen molar-refractivity contribution in [1.82, 2.24) is 9.97 Å². The normalized spacial score (nSPS) is 13.0. The summed E-state index contributed by atoms with van der Waals surface area (Å²) in [6.07, 6.45) is 2.59. The lowest BCUT2D eigenvalue weighted by atomic mass is 10.00. The number of aryl methyl sites for hydroxylation is 1. The van der Waals surface area contributed by atoms with E-state index in [4.69, 9.17) is 4.98 Å². The zero-order valence-electron chi connectivity index (χ0n) is 18.2. The molecule has 1 unspecified atom stereocenters. The summed E-state index contributed by atoms with van der Waals surface area (Å²) in [4.78, 5) is 11.1. The van der Waals surface area contributed by atoms with E-state index in [1.807, 2.05) is 42.5 Å². The average Bonchev–Trinajstić information content (AvgIpc) is 3.29. The van der Waals surface area contributed by atoms with Crippen molar-refractivity contribution in [1.29, 1.82) is 0 Å². The van der Waals surface area contributed by atoms with Crippen LogP contribution >= 0.6 is 11.3 Å². The molecule has 0 aliphatic carbocycles. The van der Waals surface area contributed by atoms with E-state index in [0.717, 1.165) is 33.1 Å². The van der Waals surface area contributed by atoms with E-state index in [9.17, 15) is 4.21 Å². The molecule has 5 rings (SSSR count). The minimum atomic E-state index is -2.73. The van der Waals surface area contributed by atoms with Crippen LogP contribution in [-0.2, 0) is 16.1 Å². The predicted molar refractivity (Wildman–Crippen MR) is 141 cm³/mol. The Kier molecular flexibility index (Phi) is 5.70. The zero-order valence-corrected chi connectivity index (χ0v) is 19.8. The van der Waals surface area contributed by atoms with Crippen molar-refractivity contribution in [3.8, 4) is 21.7 Å². The SMILES string of the molecule is C=S(=O)(Nc1cc(-c2sc(CC)nc2-c2cccc3ccccc23)ccn1)c1ccccc1. The van der Waals surface area contributed by atoms with Gasteiger partial charge < -0.3 is 0 Å². The second-order valence-corrected chi connectivity index (χ2v) is 10.8. The topological polar surface area (TPSA) is 54.9 Å². The third-order valence-corrected chi connectivity index (χ3v) is 8.26. The lowest BCUT2D eigenvalue weighted by Crippen LogP contribution is -2.13. The molecule has 5 aromatic rings. The molecule has 0 amide bonds. The monoisotopic (exact) mass is 469 g/mol. The Labute approximate surface area is 198 Å². The highest BCUT2D eigenvalue weighted by Gasteiger charge is 2.17. The van der Waals surface area contributed by atoms with E-state index in [1.165, 1.54) is 10.8 Å². The Hall–Kier alpha value is -3.48. The molecule has 0 aliphatic rings. The van der Waals surface area contributed by atoms with Gasteiger partial charge in [0.1, 0.15) is 5.82 Å². The van der Waals surface area contributed by atoms with Crippen molar-refractivity contribution in [2.45, 2.75) is 18.2 Å². The van der Waals surface area contributed by atoms with Crippen molar-refractivity contribution in [3.63, 3.8) is 0 Å². The van der Waals surface area contributed by atoms with Crippen LogP contribution < -0.4 is 4.72 Å². The van der Waals surface area contributed by atoms with Gasteiger partial charge >= 0.3 is 0 Å². The number of nitrogens with one attached hydrogen (secondary N) is 1. The maximum absolute atomic E-state index is 13.2. The van der Waals surface area contributed by atoms with Crippen LogP contribution in [0.4, 0.5) is 5.82 Å². The molecule has 2 aromatic heterocycles. The van der Waals surface area contributed by atoms with E-state index in [0.29, 0.717) is 10.7 Å². The molecule has 0 spiro atoms. The molecular weight excluding hydrogens is 446 g/mol. The van der Waals surface area contributed by atoms with E-state index in [2.05, 4.69) is 65.0 Å². The first-order valence-electron chi connectivity index (χ1n) is 10.7. The molecule has 0 fully saturated rings. The number of nitrogens with zero attached hydrogens (tertiary/aromatic N) is 2. The number of aromatic nitrogens is 2. The molecule has 4 nitrogen and oxygen atoms in total. The van der Waals surface area contributed by atoms with Gasteiger partial charge in [-0.15, -0.1) is 11.3 Å². The van der Waals surface area contributed by atoms with E-state index >= 15 is 0 Å². The van der Waals surface area contributed by atoms with Gasteiger partial charge in [0.2, 0.25) is 0 Å². The lowest BCUT2D eigenvalue weighted by Gasteiger charge is -2.13. The maximum Gasteiger partial charge on any atom is 0.138 e. The third-order valence-electron chi connectivity index (χ3n) is 5.43. The van der Waals surface area contributed by atoms with Gasteiger partial charge in [-0.25, -0.2) is 14.2 Å². The Morgan fingerprint density at radius 2 is 1.73 bits per heavy atom. The van der Waals surface area contributed by atoms with Crippen LogP contribution in [0.1, 0.15) is 11.9 Å². The van der Waals surface area contributed by atoms with Gasteiger partial charge in [-0.05, 0) is 52.9 Å². The second kappa shape index (κ2) is 8.81. The smallest absolute Gasteiger partial charge is 0.138 e. The van der Waals surface area contributed by atoms with E-state index in [-0.39, 0.29) is 0 Å². The maximum atomic E-state index is 13.2. The minimum Gasteiger partial charge on any atom is -0.294 e. The lowest BCUT2D eigenvalue weighted by molar-refractivity contribution is 0.684. The van der Waals surface area contributed by atoms with Crippen molar-refractivity contribution in [2.75, 3.05) is 4.72 Å². The van der Waals surface area contributed by atoms with Crippen LogP contribution in [0.3, 0.4) is 0 Å². The summed E-state index contributed by atoms with van der Waals surface area (Å²) < 4.78 is 16.3. The molecule has 0 saturated carbocycles. The third kappa shape index (κ3) is 4.27. The number of rotatable bonds is 6. The van der Waals surface area contributed by atoms with Crippen LogP contribution in [0.25, 0.3) is 32.5 Å². The number of hydrogen-bond acceptors (Lipinski definition) is 4. The summed E-state index contributed by atoms with van der Waals surface area (Å²) in [5.41, 5.74) is 3.05. The quantitative estimate of drug-likeness (QED) is 0.282. The minimum absolute atomic E-state index is 0.520. The first-order valence-corrected chi connectivity index (χ1v) is 13.2. The number of thiazole rings is 1. The molecule has 3 aromatic carbocycles. The molecule has 33 heavy (non-hydrogen) atoms. The van der Waals surface area contributed by atoms with Crippen molar-refractivity contribution in [2.24, 2.45) is 0 Å². The number of hydrogen-bond donors (Lipinski definition) is 1. The fourth-order valence-electron chi connectivity index (χ4n) is 3.82. The zero-order chi connectivity index (χ0) is 22.8. The summed E-state index contributed by atoms with van der Waals surface area (Å²) >= 11 is 1.69. The summed E-state index contributed by atoms with van der Waals surface area (Å²) in [6.45, 7) is 2.12. The second-order valence-electron chi connectivity index (χ2n) is 7.69. The van der Waals surface area contributed by atoms with Gasteiger partial charge in [0, 0.05) is 16.7 Å². The average molecular weight is 470 g/mol. The number of benzene rings is 3. The number of pyridine rings is 1. The number of anilines is 1. The molecule has 2 heterocycles. The van der Waals surface area contributed by atoms with E-state index < -0.39 is 9.71 Å². The first kappa shape index (κ1) is 21.4. The van der Waals surface area contributed by atoms with Crippen LogP contribution in [0, 0.1) is 0 Å². The molecule has 164 valence electrons. The fourth-order valence-corrected chi connectivity index (χ4v) is 6.00. The molecule has 1 N–H and O–H groups in total. The largest absolute Gasteiger partial charge is 0.294 e. The predicted octanol–water partition coefficient (Wildman–Crippen LogP) is 6.69. The molecule has 1 atom stereocenters. The molecular formula is C27H23N3OS2. The Bertz CT molecular complexity index is 1540. The van der Waals surface area contributed by atoms with Gasteiger partial charge in [-0.3, -0.25) is 4.72 Å². The highest BCUT2D eigenvalue weighted by atomic mass is 32.2. The highest BCUT2D eigenvalue weighted by Crippen LogP contribution is 2.40. The summed E-state index contributed by atoms with van der Waals surface area (Å²) in [5, 5.41) is 3.43. The standard InChI is InChI=1S/C27H23N3OS2/c1-3-25-29-26(23-15-9-11-19-10-7-8-14-22(19)23)27(32-25)20-16-17-28-24(18-20)30-33(2,31)21-12-5-4-6-13-21/h4-18H,2-3H2,1H3,(H,28,30,31). The summed E-state index contributed by atoms with van der Waals surface area (Å²) in [7, 11) is -2.73. The van der Waals surface area contributed by atoms with Gasteiger partial charge in [0.05, 0.1) is 25.3 Å². The van der Waals surface area contributed by atoms with Gasteiger partial charge in [0.15, 0.2) is 0 Å². The molecule has 0 radical (unpaired) electrons. The summed E-state index contributed by atoms with van der Waals surface area (Å²) in [5.74, 6) is 4.44. The van der Waals surface area contributed by atoms with Crippen LogP contribution in [0.15, 0.2) is 96.0 Å². The van der Waals surface area contributed by atoms with Crippen molar-refractivity contribution in [3.05, 3.63) is 96.1 Å². The van der Waals surface area contributed by atoms with Crippen LogP contribution in [-0.4, -0.2) is 20.0 Å². The van der Waals surface area contributed by atoms with Crippen LogP contribution in [0.2, 0.25) is 0 Å². The van der Waals surface area contributed by atoms with Gasteiger partial charge in [-0.1, -0.05) is 67.6 Å². The Balaban J connectivity index is 1.59. The molecule has 6 heteroatoms. The van der Waals surface area contributed by atoms with Gasteiger partial charge in [-0.2, -0.15) is 0 Å². The van der Waals surface area contributed by atoms with Gasteiger partial charge in [0.25, 0.3) is 0 Å². The number of fused-ring (bicyclic) bond motifs is 1. The van der Waals surface area contributed by atoms with Crippen molar-refractivity contribution >= 4 is 43.5 Å². The Morgan fingerprint density at radius 1 is 0.970 bits per heavy atom. The molecule has 0 saturated heterocycles. The van der Waals surface area contributed by atoms with Crippen LogP contribution in [0.5, 0.6) is 0 Å². The van der Waals surface area contributed by atoms with E-state index in [1.54, 1.807) is 17.5 Å². The highest BCUT2D eigenvalue weighted by molar-refractivity contribution is 8.01. The fraction of sp³-hybridized carbons (Fsp3) is 0.0741. The Morgan fingerprint density at radius 3 is 2.55 bits per heavy atom. The van der Waals surface area contributed by atoms with Crippen molar-refractivity contribution < 1.29 is 4.21 Å². The molecule has 0 aliphatic heterocycles. The first-order chi connectivity index (χ1) is 16.0. The molecule has 0 bridgehead atoms.